The van der Waals surface area contributed by atoms with Crippen molar-refractivity contribution in [1.82, 2.24) is 0 Å². The molecule has 0 spiro atoms. The normalized spacial score (nSPS) is 34.5. The van der Waals surface area contributed by atoms with E-state index in [-0.39, 0.29) is 0 Å². The van der Waals surface area contributed by atoms with Crippen LogP contribution in [0.3, 0.4) is 0 Å². The monoisotopic (exact) mass is 180 g/mol. The van der Waals surface area contributed by atoms with Crippen LogP contribution < -0.4 is 0 Å². The fourth-order valence-electron chi connectivity index (χ4n) is 2.73. The van der Waals surface area contributed by atoms with E-state index in [1.807, 2.05) is 0 Å². The van der Waals surface area contributed by atoms with Crippen LogP contribution in [0.15, 0.2) is 12.7 Å². The molecule has 0 aromatic rings. The standard InChI is InChI=1S/C13H24/c1-4-6-12-9-8-11(3)13(10-12)7-5-2/h5,11-13H,2,4,6-10H2,1,3H3. The molecule has 0 bridgehead atoms. The fourth-order valence-corrected chi connectivity index (χ4v) is 2.73. The van der Waals surface area contributed by atoms with Crippen LogP contribution in [0.5, 0.6) is 0 Å². The largest absolute Gasteiger partial charge is 0.103 e. The van der Waals surface area contributed by atoms with Crippen LogP contribution in [-0.2, 0) is 0 Å². The first-order valence-electron chi connectivity index (χ1n) is 5.88. The Kier molecular flexibility index (Phi) is 4.55. The number of hydrogen-bond donors (Lipinski definition) is 0. The average Bonchev–Trinajstić information content (AvgIpc) is 2.12. The lowest BCUT2D eigenvalue weighted by molar-refractivity contribution is 0.186. The van der Waals surface area contributed by atoms with E-state index in [1.54, 1.807) is 0 Å². The molecule has 0 aliphatic heterocycles. The highest BCUT2D eigenvalue weighted by Gasteiger charge is 2.25. The van der Waals surface area contributed by atoms with E-state index in [9.17, 15) is 0 Å². The Morgan fingerprint density at radius 3 is 2.77 bits per heavy atom. The maximum atomic E-state index is 3.86. The first-order chi connectivity index (χ1) is 6.27. The van der Waals surface area contributed by atoms with Gasteiger partial charge in [-0.25, -0.2) is 0 Å². The zero-order valence-electron chi connectivity index (χ0n) is 9.26. The lowest BCUT2D eigenvalue weighted by atomic mass is 9.72. The lowest BCUT2D eigenvalue weighted by Gasteiger charge is -2.33. The number of rotatable bonds is 4. The zero-order valence-corrected chi connectivity index (χ0v) is 9.26. The second-order valence-corrected chi connectivity index (χ2v) is 4.73. The molecule has 1 fully saturated rings. The van der Waals surface area contributed by atoms with Gasteiger partial charge in [-0.2, -0.15) is 0 Å². The van der Waals surface area contributed by atoms with E-state index in [0.717, 1.165) is 17.8 Å². The Morgan fingerprint density at radius 2 is 2.15 bits per heavy atom. The van der Waals surface area contributed by atoms with Gasteiger partial charge in [-0.05, 0) is 30.6 Å². The van der Waals surface area contributed by atoms with Crippen molar-refractivity contribution in [2.24, 2.45) is 17.8 Å². The number of allylic oxidation sites excluding steroid dienone is 1. The Hall–Kier alpha value is -0.260. The third-order valence-corrected chi connectivity index (χ3v) is 3.64. The van der Waals surface area contributed by atoms with Gasteiger partial charge in [-0.3, -0.25) is 0 Å². The molecule has 0 saturated heterocycles. The quantitative estimate of drug-likeness (QED) is 0.562. The first kappa shape index (κ1) is 10.8. The summed E-state index contributed by atoms with van der Waals surface area (Å²) in [7, 11) is 0. The van der Waals surface area contributed by atoms with Crippen molar-refractivity contribution in [3.05, 3.63) is 12.7 Å². The van der Waals surface area contributed by atoms with Gasteiger partial charge in [0.1, 0.15) is 0 Å². The molecule has 3 atom stereocenters. The van der Waals surface area contributed by atoms with Crippen LogP contribution in [0.25, 0.3) is 0 Å². The third-order valence-electron chi connectivity index (χ3n) is 3.64. The van der Waals surface area contributed by atoms with Crippen molar-refractivity contribution < 1.29 is 0 Å². The molecule has 1 rings (SSSR count). The van der Waals surface area contributed by atoms with Crippen LogP contribution >= 0.6 is 0 Å². The molecule has 1 aliphatic carbocycles. The molecule has 0 amide bonds. The van der Waals surface area contributed by atoms with Crippen LogP contribution in [0.4, 0.5) is 0 Å². The van der Waals surface area contributed by atoms with E-state index in [0.29, 0.717) is 0 Å². The first-order valence-corrected chi connectivity index (χ1v) is 5.88. The minimum atomic E-state index is 0.933. The highest BCUT2D eigenvalue weighted by Crippen LogP contribution is 2.37. The van der Waals surface area contributed by atoms with Crippen molar-refractivity contribution in [3.63, 3.8) is 0 Å². The Morgan fingerprint density at radius 1 is 1.38 bits per heavy atom. The lowest BCUT2D eigenvalue weighted by Crippen LogP contribution is -2.22. The molecule has 76 valence electrons. The van der Waals surface area contributed by atoms with Crippen molar-refractivity contribution in [2.75, 3.05) is 0 Å². The summed E-state index contributed by atoms with van der Waals surface area (Å²) in [5.74, 6) is 2.89. The molecule has 1 aliphatic rings. The Balaban J connectivity index is 2.37. The molecule has 0 N–H and O–H groups in total. The average molecular weight is 180 g/mol. The summed E-state index contributed by atoms with van der Waals surface area (Å²) < 4.78 is 0. The van der Waals surface area contributed by atoms with E-state index in [4.69, 9.17) is 0 Å². The van der Waals surface area contributed by atoms with Gasteiger partial charge >= 0.3 is 0 Å². The highest BCUT2D eigenvalue weighted by atomic mass is 14.3. The van der Waals surface area contributed by atoms with Crippen molar-refractivity contribution in [2.45, 2.75) is 52.4 Å². The van der Waals surface area contributed by atoms with Gasteiger partial charge in [-0.15, -0.1) is 6.58 Å². The van der Waals surface area contributed by atoms with Crippen molar-refractivity contribution in [3.8, 4) is 0 Å². The summed E-state index contributed by atoms with van der Waals surface area (Å²) in [6.45, 7) is 8.58. The molecule has 0 heteroatoms. The van der Waals surface area contributed by atoms with Gasteiger partial charge in [0, 0.05) is 0 Å². The van der Waals surface area contributed by atoms with Crippen LogP contribution in [0, 0.1) is 17.8 Å². The SMILES string of the molecule is C=CCC1CC(CCC)CCC1C. The van der Waals surface area contributed by atoms with Gasteiger partial charge in [-0.1, -0.05) is 45.6 Å². The summed E-state index contributed by atoms with van der Waals surface area (Å²) in [6, 6.07) is 0. The van der Waals surface area contributed by atoms with Gasteiger partial charge in [0.15, 0.2) is 0 Å². The van der Waals surface area contributed by atoms with E-state index in [2.05, 4.69) is 26.5 Å². The van der Waals surface area contributed by atoms with E-state index >= 15 is 0 Å². The van der Waals surface area contributed by atoms with Crippen LogP contribution in [0.2, 0.25) is 0 Å². The summed E-state index contributed by atoms with van der Waals surface area (Å²) in [4.78, 5) is 0. The third kappa shape index (κ3) is 3.17. The van der Waals surface area contributed by atoms with Crippen molar-refractivity contribution in [1.29, 1.82) is 0 Å². The summed E-state index contributed by atoms with van der Waals surface area (Å²) in [5.41, 5.74) is 0. The molecule has 0 nitrogen and oxygen atoms in total. The van der Waals surface area contributed by atoms with Gasteiger partial charge < -0.3 is 0 Å². The molecule has 13 heavy (non-hydrogen) atoms. The maximum Gasteiger partial charge on any atom is -0.0322 e. The fraction of sp³-hybridized carbons (Fsp3) is 0.846. The van der Waals surface area contributed by atoms with Gasteiger partial charge in [0.05, 0.1) is 0 Å². The molecular formula is C13H24. The topological polar surface area (TPSA) is 0 Å². The smallest absolute Gasteiger partial charge is 0.0322 e. The molecule has 1 saturated carbocycles. The molecular weight excluding hydrogens is 156 g/mol. The summed E-state index contributed by atoms with van der Waals surface area (Å²) >= 11 is 0. The van der Waals surface area contributed by atoms with Crippen LogP contribution in [0.1, 0.15) is 52.4 Å². The van der Waals surface area contributed by atoms with Crippen molar-refractivity contribution >= 4 is 0 Å². The van der Waals surface area contributed by atoms with Gasteiger partial charge in [0.2, 0.25) is 0 Å². The second-order valence-electron chi connectivity index (χ2n) is 4.73. The second kappa shape index (κ2) is 5.47. The molecule has 0 aromatic heterocycles. The molecule has 0 heterocycles. The predicted molar refractivity (Wildman–Crippen MR) is 59.7 cm³/mol. The molecule has 0 aromatic carbocycles. The van der Waals surface area contributed by atoms with E-state index < -0.39 is 0 Å². The summed E-state index contributed by atoms with van der Waals surface area (Å²) in [5, 5.41) is 0. The minimum Gasteiger partial charge on any atom is -0.103 e. The molecule has 0 radical (unpaired) electrons. The molecule has 3 unspecified atom stereocenters. The predicted octanol–water partition coefficient (Wildman–Crippen LogP) is 4.42. The van der Waals surface area contributed by atoms with Gasteiger partial charge in [0.25, 0.3) is 0 Å². The Labute approximate surface area is 83.4 Å². The Bertz CT molecular complexity index is 148. The minimum absolute atomic E-state index is 0.933. The van der Waals surface area contributed by atoms with Crippen LogP contribution in [-0.4, -0.2) is 0 Å². The summed E-state index contributed by atoms with van der Waals surface area (Å²) in [6.07, 6.45) is 10.5. The highest BCUT2D eigenvalue weighted by molar-refractivity contribution is 4.82. The van der Waals surface area contributed by atoms with E-state index in [1.165, 1.54) is 38.5 Å². The number of hydrogen-bond acceptors (Lipinski definition) is 0. The maximum absolute atomic E-state index is 3.86. The zero-order chi connectivity index (χ0) is 9.68.